The molecule has 1 aliphatic carbocycles. The van der Waals surface area contributed by atoms with Gasteiger partial charge in [0.1, 0.15) is 5.82 Å². The monoisotopic (exact) mass is 277 g/mol. The van der Waals surface area contributed by atoms with Gasteiger partial charge in [-0.2, -0.15) is 0 Å². The number of aromatic nitrogens is 1. The maximum atomic E-state index is 12.2. The lowest BCUT2D eigenvalue weighted by atomic mass is 10.2. The number of pyridine rings is 1. The summed E-state index contributed by atoms with van der Waals surface area (Å²) >= 11 is 0. The van der Waals surface area contributed by atoms with Crippen LogP contribution in [0.25, 0.3) is 10.9 Å². The first-order valence-electron chi connectivity index (χ1n) is 6.08. The molecule has 1 aliphatic rings. The predicted molar refractivity (Wildman–Crippen MR) is 74.1 cm³/mol. The number of sulfonamides is 1. The number of nitrogens with one attached hydrogen (secondary N) is 1. The number of hydrogen-bond donors (Lipinski definition) is 2. The maximum Gasteiger partial charge on any atom is 0.241 e. The average molecular weight is 277 g/mol. The summed E-state index contributed by atoms with van der Waals surface area (Å²) in [5.41, 5.74) is 6.02. The molecule has 1 aromatic heterocycles. The van der Waals surface area contributed by atoms with Gasteiger partial charge in [-0.05, 0) is 50.1 Å². The summed E-state index contributed by atoms with van der Waals surface area (Å²) in [6.45, 7) is 1.91. The van der Waals surface area contributed by atoms with Crippen molar-refractivity contribution in [2.75, 3.05) is 5.73 Å². The smallest absolute Gasteiger partial charge is 0.241 e. The van der Waals surface area contributed by atoms with E-state index in [1.807, 2.05) is 6.92 Å². The summed E-state index contributed by atoms with van der Waals surface area (Å²) in [5, 5.41) is 0.762. The van der Waals surface area contributed by atoms with Gasteiger partial charge in [-0.25, -0.2) is 18.1 Å². The molecule has 0 atom stereocenters. The van der Waals surface area contributed by atoms with E-state index >= 15 is 0 Å². The third kappa shape index (κ3) is 2.41. The van der Waals surface area contributed by atoms with Crippen LogP contribution in [0.4, 0.5) is 5.82 Å². The highest BCUT2D eigenvalue weighted by Crippen LogP contribution is 2.36. The summed E-state index contributed by atoms with van der Waals surface area (Å²) in [6, 6.07) is 8.29. The summed E-state index contributed by atoms with van der Waals surface area (Å²) in [4.78, 5) is 4.41. The third-order valence-corrected chi connectivity index (χ3v) is 5.01. The zero-order valence-electron chi connectivity index (χ0n) is 10.6. The van der Waals surface area contributed by atoms with Crippen molar-refractivity contribution in [2.45, 2.75) is 30.2 Å². The summed E-state index contributed by atoms with van der Waals surface area (Å²) in [6.07, 6.45) is 1.77. The zero-order chi connectivity index (χ0) is 13.7. The largest absolute Gasteiger partial charge is 0.384 e. The van der Waals surface area contributed by atoms with Gasteiger partial charge in [0.25, 0.3) is 0 Å². The zero-order valence-corrected chi connectivity index (χ0v) is 11.4. The summed E-state index contributed by atoms with van der Waals surface area (Å²) < 4.78 is 27.2. The van der Waals surface area contributed by atoms with Crippen molar-refractivity contribution in [2.24, 2.45) is 0 Å². The van der Waals surface area contributed by atoms with E-state index in [1.165, 1.54) is 0 Å². The Labute approximate surface area is 111 Å². The molecule has 1 fully saturated rings. The molecule has 0 spiro atoms. The van der Waals surface area contributed by atoms with E-state index in [9.17, 15) is 8.42 Å². The molecule has 1 aromatic carbocycles. The predicted octanol–water partition coefficient (Wildman–Crippen LogP) is 1.65. The first-order chi connectivity index (χ1) is 8.88. The Bertz CT molecular complexity index is 752. The van der Waals surface area contributed by atoms with Crippen molar-refractivity contribution in [3.05, 3.63) is 30.3 Å². The Morgan fingerprint density at radius 1 is 1.26 bits per heavy atom. The molecular formula is C13H15N3O2S. The minimum atomic E-state index is -3.47. The second-order valence-electron chi connectivity index (χ2n) is 5.26. The number of nitrogens with two attached hydrogens (primary N) is 1. The van der Waals surface area contributed by atoms with Gasteiger partial charge in [0.15, 0.2) is 0 Å². The number of rotatable bonds is 3. The number of hydrogen-bond acceptors (Lipinski definition) is 4. The number of anilines is 1. The molecule has 0 saturated heterocycles. The van der Waals surface area contributed by atoms with Crippen LogP contribution in [-0.4, -0.2) is 18.9 Å². The van der Waals surface area contributed by atoms with Gasteiger partial charge < -0.3 is 5.73 Å². The minimum Gasteiger partial charge on any atom is -0.384 e. The Hall–Kier alpha value is -1.66. The van der Waals surface area contributed by atoms with Crippen molar-refractivity contribution in [1.82, 2.24) is 9.71 Å². The molecule has 3 N–H and O–H groups in total. The van der Waals surface area contributed by atoms with E-state index in [0.717, 1.165) is 18.2 Å². The van der Waals surface area contributed by atoms with Crippen LogP contribution in [0.15, 0.2) is 35.2 Å². The quantitative estimate of drug-likeness (QED) is 0.893. The third-order valence-electron chi connectivity index (χ3n) is 3.37. The summed E-state index contributed by atoms with van der Waals surface area (Å²) in [7, 11) is -3.47. The SMILES string of the molecule is CC1(NS(=O)(=O)c2ccc3nc(N)ccc3c2)CC1. The molecule has 0 amide bonds. The second-order valence-corrected chi connectivity index (χ2v) is 6.94. The molecular weight excluding hydrogens is 262 g/mol. The van der Waals surface area contributed by atoms with Crippen LogP contribution >= 0.6 is 0 Å². The van der Waals surface area contributed by atoms with Gasteiger partial charge >= 0.3 is 0 Å². The number of nitrogens with zero attached hydrogens (tertiary/aromatic N) is 1. The number of nitrogen functional groups attached to an aromatic ring is 1. The lowest BCUT2D eigenvalue weighted by molar-refractivity contribution is 0.558. The van der Waals surface area contributed by atoms with Crippen molar-refractivity contribution < 1.29 is 8.42 Å². The van der Waals surface area contributed by atoms with Crippen LogP contribution in [0.5, 0.6) is 0 Å². The van der Waals surface area contributed by atoms with E-state index in [0.29, 0.717) is 11.3 Å². The number of benzene rings is 1. The van der Waals surface area contributed by atoms with Crippen LogP contribution in [0.3, 0.4) is 0 Å². The Morgan fingerprint density at radius 2 is 2.00 bits per heavy atom. The van der Waals surface area contributed by atoms with Gasteiger partial charge in [-0.3, -0.25) is 0 Å². The molecule has 0 bridgehead atoms. The van der Waals surface area contributed by atoms with Gasteiger partial charge in [-0.1, -0.05) is 0 Å². The van der Waals surface area contributed by atoms with E-state index in [4.69, 9.17) is 5.73 Å². The van der Waals surface area contributed by atoms with Gasteiger partial charge in [0, 0.05) is 10.9 Å². The molecule has 3 rings (SSSR count). The first-order valence-corrected chi connectivity index (χ1v) is 7.57. The highest BCUT2D eigenvalue weighted by Gasteiger charge is 2.41. The maximum absolute atomic E-state index is 12.2. The van der Waals surface area contributed by atoms with Crippen LogP contribution < -0.4 is 10.5 Å². The summed E-state index contributed by atoms with van der Waals surface area (Å²) in [5.74, 6) is 0.423. The fraction of sp³-hybridized carbons (Fsp3) is 0.308. The van der Waals surface area contributed by atoms with E-state index in [1.54, 1.807) is 30.3 Å². The molecule has 2 aromatic rings. The van der Waals surface area contributed by atoms with Crippen LogP contribution in [0.1, 0.15) is 19.8 Å². The molecule has 1 saturated carbocycles. The molecule has 100 valence electrons. The first kappa shape index (κ1) is 12.4. The van der Waals surface area contributed by atoms with E-state index in [2.05, 4.69) is 9.71 Å². The van der Waals surface area contributed by atoms with Crippen LogP contribution in [0.2, 0.25) is 0 Å². The van der Waals surface area contributed by atoms with Gasteiger partial charge in [0.05, 0.1) is 10.4 Å². The Balaban J connectivity index is 2.03. The van der Waals surface area contributed by atoms with Crippen molar-refractivity contribution in [3.63, 3.8) is 0 Å². The van der Waals surface area contributed by atoms with Crippen molar-refractivity contribution >= 4 is 26.7 Å². The lowest BCUT2D eigenvalue weighted by Gasteiger charge is -2.12. The highest BCUT2D eigenvalue weighted by atomic mass is 32.2. The normalized spacial score (nSPS) is 17.5. The molecule has 6 heteroatoms. The molecule has 5 nitrogen and oxygen atoms in total. The Kier molecular flexibility index (Phi) is 2.55. The van der Waals surface area contributed by atoms with Crippen molar-refractivity contribution in [3.8, 4) is 0 Å². The minimum absolute atomic E-state index is 0.264. The average Bonchev–Trinajstić information content (AvgIpc) is 3.05. The molecule has 0 aliphatic heterocycles. The van der Waals surface area contributed by atoms with E-state index in [-0.39, 0.29) is 10.4 Å². The molecule has 0 unspecified atom stereocenters. The van der Waals surface area contributed by atoms with Crippen molar-refractivity contribution in [1.29, 1.82) is 0 Å². The second kappa shape index (κ2) is 3.91. The molecule has 0 radical (unpaired) electrons. The standard InChI is InChI=1S/C13H15N3O2S/c1-13(6-7-13)16-19(17,18)10-3-4-11-9(8-10)2-5-12(14)15-11/h2-5,8,16H,6-7H2,1H3,(H2,14,15). The van der Waals surface area contributed by atoms with Crippen LogP contribution in [0, 0.1) is 0 Å². The van der Waals surface area contributed by atoms with Gasteiger partial charge in [-0.15, -0.1) is 0 Å². The molecule has 19 heavy (non-hydrogen) atoms. The fourth-order valence-electron chi connectivity index (χ4n) is 1.96. The highest BCUT2D eigenvalue weighted by molar-refractivity contribution is 7.89. The fourth-order valence-corrected chi connectivity index (χ4v) is 3.46. The van der Waals surface area contributed by atoms with Gasteiger partial charge in [0.2, 0.25) is 10.0 Å². The van der Waals surface area contributed by atoms with E-state index < -0.39 is 10.0 Å². The van der Waals surface area contributed by atoms with Crippen LogP contribution in [-0.2, 0) is 10.0 Å². The topological polar surface area (TPSA) is 85.1 Å². The Morgan fingerprint density at radius 3 is 2.68 bits per heavy atom. The number of fused-ring (bicyclic) bond motifs is 1. The molecule has 1 heterocycles. The lowest BCUT2D eigenvalue weighted by Crippen LogP contribution is -2.34.